The lowest BCUT2D eigenvalue weighted by Gasteiger charge is -2.41. The highest BCUT2D eigenvalue weighted by Crippen LogP contribution is 2.43. The van der Waals surface area contributed by atoms with Crippen molar-refractivity contribution in [2.45, 2.75) is 43.5 Å². The molecule has 0 unspecified atom stereocenters. The summed E-state index contributed by atoms with van der Waals surface area (Å²) < 4.78 is 13.0. The second-order valence-corrected chi connectivity index (χ2v) is 11.2. The number of carbonyl (C=O) groups excluding carboxylic acids is 1. The van der Waals surface area contributed by atoms with E-state index in [1.807, 2.05) is 60.7 Å². The predicted molar refractivity (Wildman–Crippen MR) is 159 cm³/mol. The van der Waals surface area contributed by atoms with E-state index in [-0.39, 0.29) is 36.2 Å². The number of amides is 1. The third kappa shape index (κ3) is 7.06. The highest BCUT2D eigenvalue weighted by Gasteiger charge is 2.38. The Hall–Kier alpha value is -4.02. The standard InChI is InChI=1S/C33H32N2O6S/c1-21-28(20-42-29-7-3-2-6-27(29)32(38)39)40-33(41-30(21)24-12-10-23(19-36)11-13-24)25-14-8-22(9-15-25)17-35-31(37)26-5-4-16-34-18-26/h2-16,18,21,28,30,33,36H,17,19-20H2,1H3,(H,35,37)(H,38,39)/t21-,28+,30+,33+/m0/s1. The van der Waals surface area contributed by atoms with Gasteiger partial charge in [-0.3, -0.25) is 9.78 Å². The fraction of sp³-hybridized carbons (Fsp3) is 0.242. The fourth-order valence-corrected chi connectivity index (χ4v) is 6.04. The topological polar surface area (TPSA) is 118 Å². The number of nitrogens with one attached hydrogen (secondary N) is 1. The van der Waals surface area contributed by atoms with E-state index in [2.05, 4.69) is 17.2 Å². The normalized spacial score (nSPS) is 20.1. The van der Waals surface area contributed by atoms with Gasteiger partial charge in [0.1, 0.15) is 0 Å². The first kappa shape index (κ1) is 29.5. The molecule has 9 heteroatoms. The van der Waals surface area contributed by atoms with Gasteiger partial charge in [-0.05, 0) is 41.0 Å². The van der Waals surface area contributed by atoms with Crippen molar-refractivity contribution < 1.29 is 29.3 Å². The summed E-state index contributed by atoms with van der Waals surface area (Å²) in [7, 11) is 0. The van der Waals surface area contributed by atoms with Crippen LogP contribution in [0.3, 0.4) is 0 Å². The Kier molecular flexibility index (Phi) is 9.66. The maximum absolute atomic E-state index is 12.4. The van der Waals surface area contributed by atoms with Crippen molar-refractivity contribution in [3.8, 4) is 0 Å². The van der Waals surface area contributed by atoms with Gasteiger partial charge in [-0.2, -0.15) is 0 Å². The lowest BCUT2D eigenvalue weighted by molar-refractivity contribution is -0.268. The van der Waals surface area contributed by atoms with Crippen molar-refractivity contribution in [1.82, 2.24) is 10.3 Å². The van der Waals surface area contributed by atoms with Gasteiger partial charge in [-0.15, -0.1) is 11.8 Å². The SMILES string of the molecule is C[C@H]1[C@@H](CSc2ccccc2C(=O)O)O[C@@H](c2ccc(CNC(=O)c3cccnc3)cc2)O[C@H]1c1ccc(CO)cc1. The lowest BCUT2D eigenvalue weighted by atomic mass is 9.91. The number of hydrogen-bond donors (Lipinski definition) is 3. The van der Waals surface area contributed by atoms with Crippen LogP contribution in [-0.2, 0) is 22.6 Å². The molecule has 2 heterocycles. The van der Waals surface area contributed by atoms with Crippen molar-refractivity contribution >= 4 is 23.6 Å². The molecule has 4 atom stereocenters. The molecular formula is C33H32N2O6S. The van der Waals surface area contributed by atoms with E-state index < -0.39 is 12.3 Å². The predicted octanol–water partition coefficient (Wildman–Crippen LogP) is 5.79. The molecule has 3 aromatic carbocycles. The van der Waals surface area contributed by atoms with Crippen LogP contribution in [0.1, 0.15) is 62.3 Å². The molecule has 8 nitrogen and oxygen atoms in total. The quantitative estimate of drug-likeness (QED) is 0.201. The Labute approximate surface area is 248 Å². The lowest BCUT2D eigenvalue weighted by Crippen LogP contribution is -2.38. The van der Waals surface area contributed by atoms with Gasteiger partial charge in [0, 0.05) is 41.1 Å². The van der Waals surface area contributed by atoms with Gasteiger partial charge in [-0.1, -0.05) is 67.6 Å². The first-order valence-electron chi connectivity index (χ1n) is 13.7. The Morgan fingerprint density at radius 3 is 2.31 bits per heavy atom. The average molecular weight is 585 g/mol. The number of aliphatic hydroxyl groups is 1. The largest absolute Gasteiger partial charge is 0.478 e. The number of aromatic carboxylic acids is 1. The van der Waals surface area contributed by atoms with Crippen LogP contribution in [-0.4, -0.2) is 38.9 Å². The zero-order valence-corrected chi connectivity index (χ0v) is 23.9. The van der Waals surface area contributed by atoms with Crippen molar-refractivity contribution in [2.75, 3.05) is 5.75 Å². The number of aliphatic hydroxyl groups excluding tert-OH is 1. The summed E-state index contributed by atoms with van der Waals surface area (Å²) in [6.45, 7) is 2.40. The number of hydrogen-bond acceptors (Lipinski definition) is 7. The fourth-order valence-electron chi connectivity index (χ4n) is 4.83. The average Bonchev–Trinajstić information content (AvgIpc) is 3.04. The van der Waals surface area contributed by atoms with Gasteiger partial charge >= 0.3 is 5.97 Å². The second kappa shape index (κ2) is 13.8. The third-order valence-corrected chi connectivity index (χ3v) is 8.43. The van der Waals surface area contributed by atoms with E-state index in [9.17, 15) is 19.8 Å². The Morgan fingerprint density at radius 1 is 0.905 bits per heavy atom. The first-order chi connectivity index (χ1) is 20.4. The molecular weight excluding hydrogens is 552 g/mol. The number of carbonyl (C=O) groups is 2. The molecule has 1 aliphatic rings. The zero-order valence-electron chi connectivity index (χ0n) is 23.1. The van der Waals surface area contributed by atoms with Crippen LogP contribution in [0.2, 0.25) is 0 Å². The summed E-state index contributed by atoms with van der Waals surface area (Å²) >= 11 is 1.46. The molecule has 1 fully saturated rings. The van der Waals surface area contributed by atoms with E-state index in [4.69, 9.17) is 9.47 Å². The molecule has 42 heavy (non-hydrogen) atoms. The van der Waals surface area contributed by atoms with Crippen molar-refractivity contribution in [3.05, 3.63) is 131 Å². The Morgan fingerprint density at radius 2 is 1.62 bits per heavy atom. The summed E-state index contributed by atoms with van der Waals surface area (Å²) in [5.41, 5.74) is 4.32. The van der Waals surface area contributed by atoms with E-state index in [0.29, 0.717) is 22.8 Å². The number of ether oxygens (including phenoxy) is 2. The molecule has 4 aromatic rings. The van der Waals surface area contributed by atoms with Crippen LogP contribution in [0.25, 0.3) is 0 Å². The summed E-state index contributed by atoms with van der Waals surface area (Å²) in [5.74, 6) is -0.655. The minimum Gasteiger partial charge on any atom is -0.478 e. The number of carboxylic acids is 1. The summed E-state index contributed by atoms with van der Waals surface area (Å²) in [6, 6.07) is 25.8. The molecule has 1 aliphatic heterocycles. The summed E-state index contributed by atoms with van der Waals surface area (Å²) in [4.78, 5) is 28.8. The number of carboxylic acid groups (broad SMARTS) is 1. The van der Waals surface area contributed by atoms with Gasteiger partial charge in [0.25, 0.3) is 5.91 Å². The molecule has 3 N–H and O–H groups in total. The second-order valence-electron chi connectivity index (χ2n) is 10.1. The van der Waals surface area contributed by atoms with Crippen LogP contribution in [0.15, 0.2) is 102 Å². The van der Waals surface area contributed by atoms with Crippen molar-refractivity contribution in [3.63, 3.8) is 0 Å². The van der Waals surface area contributed by atoms with E-state index >= 15 is 0 Å². The summed E-state index contributed by atoms with van der Waals surface area (Å²) in [6.07, 6.45) is 1.98. The molecule has 0 spiro atoms. The third-order valence-electron chi connectivity index (χ3n) is 7.27. The molecule has 1 aromatic heterocycles. The van der Waals surface area contributed by atoms with Gasteiger partial charge in [-0.25, -0.2) is 4.79 Å². The van der Waals surface area contributed by atoms with Crippen molar-refractivity contribution in [1.29, 1.82) is 0 Å². The van der Waals surface area contributed by atoms with E-state index in [1.165, 1.54) is 18.0 Å². The molecule has 0 aliphatic carbocycles. The maximum Gasteiger partial charge on any atom is 0.336 e. The van der Waals surface area contributed by atoms with Gasteiger partial charge < -0.3 is 25.0 Å². The smallest absolute Gasteiger partial charge is 0.336 e. The molecule has 1 amide bonds. The number of pyridine rings is 1. The number of thioether (sulfide) groups is 1. The number of nitrogens with zero attached hydrogens (tertiary/aromatic N) is 1. The maximum atomic E-state index is 12.4. The highest BCUT2D eigenvalue weighted by atomic mass is 32.2. The first-order valence-corrected chi connectivity index (χ1v) is 14.6. The highest BCUT2D eigenvalue weighted by molar-refractivity contribution is 7.99. The molecule has 5 rings (SSSR count). The van der Waals surface area contributed by atoms with Crippen LogP contribution in [0.5, 0.6) is 0 Å². The van der Waals surface area contributed by atoms with Crippen LogP contribution < -0.4 is 5.32 Å². The van der Waals surface area contributed by atoms with Crippen LogP contribution in [0, 0.1) is 5.92 Å². The monoisotopic (exact) mass is 584 g/mol. The molecule has 216 valence electrons. The number of aromatic nitrogens is 1. The molecule has 0 saturated carbocycles. The number of benzene rings is 3. The van der Waals surface area contributed by atoms with E-state index in [0.717, 1.165) is 22.3 Å². The molecule has 0 bridgehead atoms. The Bertz CT molecular complexity index is 1500. The van der Waals surface area contributed by atoms with Crippen molar-refractivity contribution in [2.24, 2.45) is 5.92 Å². The zero-order chi connectivity index (χ0) is 29.5. The molecule has 1 saturated heterocycles. The number of rotatable bonds is 10. The van der Waals surface area contributed by atoms with Crippen LogP contribution in [0.4, 0.5) is 0 Å². The molecule has 0 radical (unpaired) electrons. The minimum absolute atomic E-state index is 0.0346. The van der Waals surface area contributed by atoms with Gasteiger partial charge in [0.2, 0.25) is 0 Å². The summed E-state index contributed by atoms with van der Waals surface area (Å²) in [5, 5.41) is 22.0. The minimum atomic E-state index is -0.963. The van der Waals surface area contributed by atoms with Crippen LogP contribution >= 0.6 is 11.8 Å². The van der Waals surface area contributed by atoms with Gasteiger partial charge in [0.05, 0.1) is 29.9 Å². The van der Waals surface area contributed by atoms with E-state index in [1.54, 1.807) is 30.5 Å². The Balaban J connectivity index is 1.33. The van der Waals surface area contributed by atoms with Gasteiger partial charge in [0.15, 0.2) is 6.29 Å².